The summed E-state index contributed by atoms with van der Waals surface area (Å²) in [6.07, 6.45) is 1.74. The van der Waals surface area contributed by atoms with Crippen LogP contribution in [0.1, 0.15) is 70.1 Å². The topological polar surface area (TPSA) is 83.0 Å². The molecular formula is C29H33N5O2. The number of para-hydroxylation sites is 1. The van der Waals surface area contributed by atoms with Gasteiger partial charge < -0.3 is 15.2 Å². The first-order chi connectivity index (χ1) is 17.5. The van der Waals surface area contributed by atoms with E-state index in [2.05, 4.69) is 48.4 Å². The Balaban J connectivity index is 0.00000148. The number of aromatic nitrogens is 3. The molecule has 1 atom stereocenters. The number of aryl methyl sites for hydroxylation is 1. The zero-order valence-corrected chi connectivity index (χ0v) is 21.3. The molecular weight excluding hydrogens is 450 g/mol. The molecule has 0 saturated carbocycles. The van der Waals surface area contributed by atoms with Crippen molar-refractivity contribution in [3.8, 4) is 0 Å². The lowest BCUT2D eigenvalue weighted by Crippen LogP contribution is -2.38. The van der Waals surface area contributed by atoms with E-state index in [1.165, 1.54) is 5.56 Å². The third-order valence-electron chi connectivity index (χ3n) is 6.22. The number of carbonyl (C=O) groups is 2. The number of nitrogens with one attached hydrogen (secondary N) is 2. The molecule has 7 nitrogen and oxygen atoms in total. The quantitative estimate of drug-likeness (QED) is 0.387. The molecule has 2 N–H and O–H groups in total. The van der Waals surface area contributed by atoms with E-state index in [1.807, 2.05) is 54.9 Å². The van der Waals surface area contributed by atoms with Crippen LogP contribution in [-0.4, -0.2) is 38.0 Å². The number of amides is 2. The second-order valence-corrected chi connectivity index (χ2v) is 8.85. The summed E-state index contributed by atoms with van der Waals surface area (Å²) in [7, 11) is 0. The summed E-state index contributed by atoms with van der Waals surface area (Å²) in [5, 5.41) is 7.73. The Morgan fingerprint density at radius 2 is 1.75 bits per heavy atom. The molecule has 3 heterocycles. The number of carbonyl (C=O) groups excluding carboxylic acids is 2. The molecule has 1 aliphatic heterocycles. The maximum Gasteiger partial charge on any atom is 0.276 e. The molecule has 0 saturated heterocycles. The van der Waals surface area contributed by atoms with Crippen LogP contribution in [0.3, 0.4) is 0 Å². The highest BCUT2D eigenvalue weighted by Gasteiger charge is 2.34. The van der Waals surface area contributed by atoms with Gasteiger partial charge in [0.25, 0.3) is 11.8 Å². The van der Waals surface area contributed by atoms with Crippen LogP contribution in [0.4, 0.5) is 5.69 Å². The summed E-state index contributed by atoms with van der Waals surface area (Å²) in [4.78, 5) is 31.2. The lowest BCUT2D eigenvalue weighted by atomic mass is 9.95. The molecule has 7 heteroatoms. The average molecular weight is 484 g/mol. The standard InChI is InChI=1S/C27H27N5O2.C2H6/c1-18-10-12-20(13-11-18)16-32-25-19(2)15-31(27(34)23-9-6-14-28-23)17-22(25)24(30-32)26(33)29-21-7-4-3-5-8-21;1-2/h3-14,19,28H,15-17H2,1-2H3,(H,29,33);1-2H3/t19-;/m1./s1. The molecule has 5 rings (SSSR count). The van der Waals surface area contributed by atoms with Gasteiger partial charge in [-0.05, 0) is 36.8 Å². The van der Waals surface area contributed by atoms with E-state index < -0.39 is 0 Å². The number of anilines is 1. The van der Waals surface area contributed by atoms with Gasteiger partial charge in [-0.2, -0.15) is 5.10 Å². The van der Waals surface area contributed by atoms with Crippen molar-refractivity contribution in [2.45, 2.75) is 46.7 Å². The molecule has 0 unspecified atom stereocenters. The molecule has 0 bridgehead atoms. The van der Waals surface area contributed by atoms with Crippen LogP contribution in [0.15, 0.2) is 72.9 Å². The number of hydrogen-bond donors (Lipinski definition) is 2. The zero-order valence-electron chi connectivity index (χ0n) is 21.3. The molecule has 0 fully saturated rings. The van der Waals surface area contributed by atoms with Gasteiger partial charge >= 0.3 is 0 Å². The highest BCUT2D eigenvalue weighted by atomic mass is 16.2. The Morgan fingerprint density at radius 1 is 1.03 bits per heavy atom. The van der Waals surface area contributed by atoms with Crippen LogP contribution >= 0.6 is 0 Å². The number of fused-ring (bicyclic) bond motifs is 1. The van der Waals surface area contributed by atoms with Crippen LogP contribution in [0.5, 0.6) is 0 Å². The van der Waals surface area contributed by atoms with Gasteiger partial charge in [0.15, 0.2) is 5.69 Å². The third kappa shape index (κ3) is 5.25. The fourth-order valence-electron chi connectivity index (χ4n) is 4.56. The second-order valence-electron chi connectivity index (χ2n) is 8.85. The molecule has 36 heavy (non-hydrogen) atoms. The van der Waals surface area contributed by atoms with Crippen molar-refractivity contribution >= 4 is 17.5 Å². The summed E-state index contributed by atoms with van der Waals surface area (Å²) in [6.45, 7) is 9.60. The first-order valence-corrected chi connectivity index (χ1v) is 12.4. The lowest BCUT2D eigenvalue weighted by Gasteiger charge is -2.32. The van der Waals surface area contributed by atoms with Gasteiger partial charge in [0.05, 0.1) is 13.1 Å². The van der Waals surface area contributed by atoms with Crippen LogP contribution < -0.4 is 5.32 Å². The number of aromatic amines is 1. The lowest BCUT2D eigenvalue weighted by molar-refractivity contribution is 0.0711. The van der Waals surface area contributed by atoms with Crippen LogP contribution in [0, 0.1) is 6.92 Å². The van der Waals surface area contributed by atoms with Gasteiger partial charge in [0.2, 0.25) is 0 Å². The smallest absolute Gasteiger partial charge is 0.276 e. The molecule has 0 spiro atoms. The third-order valence-corrected chi connectivity index (χ3v) is 6.22. The Labute approximate surface area is 212 Å². The number of H-pyrrole nitrogens is 1. The number of nitrogens with zero attached hydrogens (tertiary/aromatic N) is 3. The molecule has 2 aromatic heterocycles. The minimum Gasteiger partial charge on any atom is -0.357 e. The van der Waals surface area contributed by atoms with E-state index in [1.54, 1.807) is 17.2 Å². The molecule has 0 radical (unpaired) electrons. The van der Waals surface area contributed by atoms with E-state index in [4.69, 9.17) is 5.10 Å². The summed E-state index contributed by atoms with van der Waals surface area (Å²) < 4.78 is 1.93. The Bertz CT molecular complexity index is 1310. The highest BCUT2D eigenvalue weighted by Crippen LogP contribution is 2.32. The van der Waals surface area contributed by atoms with E-state index >= 15 is 0 Å². The molecule has 186 valence electrons. The Hall–Kier alpha value is -4.13. The van der Waals surface area contributed by atoms with Gasteiger partial charge in [-0.1, -0.05) is 68.8 Å². The van der Waals surface area contributed by atoms with Crippen LogP contribution in [-0.2, 0) is 13.1 Å². The first-order valence-electron chi connectivity index (χ1n) is 12.4. The van der Waals surface area contributed by atoms with Crippen molar-refractivity contribution in [2.75, 3.05) is 11.9 Å². The SMILES string of the molecule is CC.Cc1ccc(Cn2nc(C(=O)Nc3ccccc3)c3c2[C@H](C)CN(C(=O)c2ccc[nH]2)C3)cc1. The number of benzene rings is 2. The van der Waals surface area contributed by atoms with Gasteiger partial charge in [0, 0.05) is 35.6 Å². The summed E-state index contributed by atoms with van der Waals surface area (Å²) in [5.41, 5.74) is 5.73. The second kappa shape index (κ2) is 11.1. The molecule has 0 aliphatic carbocycles. The van der Waals surface area contributed by atoms with E-state index in [9.17, 15) is 9.59 Å². The molecule has 2 amide bonds. The predicted molar refractivity (Wildman–Crippen MR) is 142 cm³/mol. The van der Waals surface area contributed by atoms with Crippen molar-refractivity contribution in [3.63, 3.8) is 0 Å². The molecule has 1 aliphatic rings. The fourth-order valence-corrected chi connectivity index (χ4v) is 4.56. The summed E-state index contributed by atoms with van der Waals surface area (Å²) >= 11 is 0. The summed E-state index contributed by atoms with van der Waals surface area (Å²) in [5.74, 6) is -0.325. The van der Waals surface area contributed by atoms with Crippen molar-refractivity contribution in [2.24, 2.45) is 0 Å². The van der Waals surface area contributed by atoms with Crippen LogP contribution in [0.2, 0.25) is 0 Å². The minimum absolute atomic E-state index is 0.0267. The van der Waals surface area contributed by atoms with Gasteiger partial charge in [-0.3, -0.25) is 14.3 Å². The fraction of sp³-hybridized carbons (Fsp3) is 0.276. The van der Waals surface area contributed by atoms with Crippen molar-refractivity contribution in [1.29, 1.82) is 0 Å². The monoisotopic (exact) mass is 483 g/mol. The maximum atomic E-state index is 13.3. The Kier molecular flexibility index (Phi) is 7.68. The van der Waals surface area contributed by atoms with Crippen molar-refractivity contribution in [1.82, 2.24) is 19.7 Å². The van der Waals surface area contributed by atoms with E-state index in [-0.39, 0.29) is 17.7 Å². The van der Waals surface area contributed by atoms with Crippen LogP contribution in [0.25, 0.3) is 0 Å². The van der Waals surface area contributed by atoms with Gasteiger partial charge in [-0.15, -0.1) is 0 Å². The summed E-state index contributed by atoms with van der Waals surface area (Å²) in [6, 6.07) is 21.2. The normalized spacial score (nSPS) is 14.4. The number of rotatable bonds is 5. The van der Waals surface area contributed by atoms with Gasteiger partial charge in [0.1, 0.15) is 5.69 Å². The van der Waals surface area contributed by atoms with Crippen molar-refractivity contribution < 1.29 is 9.59 Å². The van der Waals surface area contributed by atoms with E-state index in [0.717, 1.165) is 16.8 Å². The predicted octanol–water partition coefficient (Wildman–Crippen LogP) is 5.61. The average Bonchev–Trinajstić information content (AvgIpc) is 3.56. The Morgan fingerprint density at radius 3 is 2.42 bits per heavy atom. The van der Waals surface area contributed by atoms with Gasteiger partial charge in [-0.25, -0.2) is 0 Å². The maximum absolute atomic E-state index is 13.3. The van der Waals surface area contributed by atoms with Crippen molar-refractivity contribution in [3.05, 3.63) is 107 Å². The largest absolute Gasteiger partial charge is 0.357 e. The number of hydrogen-bond acceptors (Lipinski definition) is 3. The first kappa shape index (κ1) is 25.0. The molecule has 4 aromatic rings. The highest BCUT2D eigenvalue weighted by molar-refractivity contribution is 6.04. The zero-order chi connectivity index (χ0) is 25.7. The van der Waals surface area contributed by atoms with E-state index in [0.29, 0.717) is 36.7 Å². The minimum atomic E-state index is -0.272. The molecule has 2 aromatic carbocycles.